The van der Waals surface area contributed by atoms with Crippen LogP contribution in [0, 0.1) is 13.8 Å². The number of carboxylic acid groups (broad SMARTS) is 1. The van der Waals surface area contributed by atoms with E-state index in [1.165, 1.54) is 50.7 Å². The number of para-hydroxylation sites is 1. The summed E-state index contributed by atoms with van der Waals surface area (Å²) in [5.74, 6) is -5.50. The lowest BCUT2D eigenvalue weighted by Crippen LogP contribution is -2.27. The molecule has 66 heavy (non-hydrogen) atoms. The van der Waals surface area contributed by atoms with Gasteiger partial charge >= 0.3 is 5.97 Å². The van der Waals surface area contributed by atoms with Crippen molar-refractivity contribution in [1.29, 1.82) is 0 Å². The number of carbonyl (C=O) groups is 6. The number of nitrogens with zero attached hydrogens (tertiary/aromatic N) is 4. The van der Waals surface area contributed by atoms with E-state index in [1.807, 2.05) is 68.4 Å². The largest absolute Gasteiger partial charge is 0.504 e. The number of ether oxygens (including phenoxy) is 2. The van der Waals surface area contributed by atoms with Crippen LogP contribution in [0.25, 0.3) is 10.9 Å². The molecule has 7 aromatic rings. The number of fused-ring (bicyclic) bond motifs is 1. The highest BCUT2D eigenvalue weighted by Gasteiger charge is 2.24. The van der Waals surface area contributed by atoms with Crippen molar-refractivity contribution in [2.24, 2.45) is 0 Å². The lowest BCUT2D eigenvalue weighted by molar-refractivity contribution is -0.118. The van der Waals surface area contributed by atoms with Gasteiger partial charge in [0.05, 0.1) is 72.6 Å². The lowest BCUT2D eigenvalue weighted by Gasteiger charge is -2.16. The number of aromatic amines is 1. The Hall–Kier alpha value is -9.40. The highest BCUT2D eigenvalue weighted by molar-refractivity contribution is 6.10. The molecule has 0 radical (unpaired) electrons. The van der Waals surface area contributed by atoms with Gasteiger partial charge in [-0.3, -0.25) is 29.0 Å². The number of phenolic OH excluding ortho intramolecular Hbond substituents is 1. The van der Waals surface area contributed by atoms with Crippen molar-refractivity contribution in [3.05, 3.63) is 143 Å². The highest BCUT2D eigenvalue weighted by Crippen LogP contribution is 2.40. The molecule has 0 spiro atoms. The summed E-state index contributed by atoms with van der Waals surface area (Å²) in [5.41, 5.74) is 3.76. The van der Waals surface area contributed by atoms with Gasteiger partial charge < -0.3 is 51.4 Å². The molecule has 21 heteroatoms. The van der Waals surface area contributed by atoms with Crippen molar-refractivity contribution in [1.82, 2.24) is 30.7 Å². The van der Waals surface area contributed by atoms with E-state index in [-0.39, 0.29) is 52.3 Å². The third kappa shape index (κ3) is 12.6. The highest BCUT2D eigenvalue weighted by atomic mass is 16.5. The maximum atomic E-state index is 12.9. The summed E-state index contributed by atoms with van der Waals surface area (Å²) in [5, 5.41) is 53.1. The fourth-order valence-electron chi connectivity index (χ4n) is 5.72. The summed E-state index contributed by atoms with van der Waals surface area (Å²) >= 11 is 0. The van der Waals surface area contributed by atoms with Crippen LogP contribution in [0.4, 0.5) is 22.7 Å². The van der Waals surface area contributed by atoms with Gasteiger partial charge in [0.25, 0.3) is 17.7 Å². The number of hydrogen-bond acceptors (Lipinski definition) is 14. The van der Waals surface area contributed by atoms with Crippen molar-refractivity contribution in [2.45, 2.75) is 13.8 Å². The molecule has 4 aromatic carbocycles. The number of amides is 5. The third-order valence-electron chi connectivity index (χ3n) is 8.97. The molecule has 3 heterocycles. The van der Waals surface area contributed by atoms with Crippen molar-refractivity contribution in [3.8, 4) is 23.0 Å². The first-order valence-electron chi connectivity index (χ1n) is 19.4. The van der Waals surface area contributed by atoms with E-state index in [0.29, 0.717) is 12.0 Å². The molecule has 0 unspecified atom stereocenters. The van der Waals surface area contributed by atoms with E-state index < -0.39 is 40.8 Å². The zero-order valence-electron chi connectivity index (χ0n) is 35.6. The second-order valence-electron chi connectivity index (χ2n) is 13.6. The minimum atomic E-state index is -1.41. The van der Waals surface area contributed by atoms with Crippen LogP contribution in [0.2, 0.25) is 0 Å². The zero-order chi connectivity index (χ0) is 47.8. The van der Waals surface area contributed by atoms with Crippen LogP contribution in [0.15, 0.2) is 110 Å². The fraction of sp³-hybridized carbons (Fsp3) is 0.111. The average Bonchev–Trinajstić information content (AvgIpc) is 3.80. The number of anilines is 4. The zero-order valence-corrected chi connectivity index (χ0v) is 35.6. The second-order valence-corrected chi connectivity index (χ2v) is 13.6. The molecule has 0 saturated carbocycles. The number of rotatable bonds is 13. The number of phenols is 2. The molecule has 0 atom stereocenters. The van der Waals surface area contributed by atoms with E-state index in [9.17, 15) is 39.0 Å². The number of aryl methyl sites for hydroxylation is 2. The molecule has 338 valence electrons. The Morgan fingerprint density at radius 1 is 0.682 bits per heavy atom. The molecule has 0 aliphatic carbocycles. The number of aromatic nitrogens is 5. The third-order valence-corrected chi connectivity index (χ3v) is 8.97. The summed E-state index contributed by atoms with van der Waals surface area (Å²) < 4.78 is 10.2. The summed E-state index contributed by atoms with van der Waals surface area (Å²) in [6.07, 6.45) is 4.87. The van der Waals surface area contributed by atoms with E-state index in [4.69, 9.17) is 14.6 Å². The van der Waals surface area contributed by atoms with E-state index in [1.54, 1.807) is 12.4 Å². The number of hydrogen-bond donors (Lipinski definition) is 9. The monoisotopic (exact) mass is 898 g/mol. The number of pyridine rings is 2. The Morgan fingerprint density at radius 3 is 1.89 bits per heavy atom. The number of H-pyrrole nitrogens is 1. The Labute approximate surface area is 375 Å². The van der Waals surface area contributed by atoms with E-state index in [2.05, 4.69) is 52.0 Å². The Bertz CT molecular complexity index is 2860. The molecule has 5 amide bonds. The topological polar surface area (TPSA) is 309 Å². The molecular weight excluding hydrogens is 857 g/mol. The summed E-state index contributed by atoms with van der Waals surface area (Å²) in [6.45, 7) is 3.65. The summed E-state index contributed by atoms with van der Waals surface area (Å²) in [6, 6.07) is 24.8. The van der Waals surface area contributed by atoms with Gasteiger partial charge in [-0.2, -0.15) is 15.4 Å². The smallest absolute Gasteiger partial charge is 0.339 e. The Balaban J connectivity index is 0.000000256. The van der Waals surface area contributed by atoms with Gasteiger partial charge in [0, 0.05) is 17.3 Å². The number of carbonyl (C=O) groups excluding carboxylic acids is 5. The Morgan fingerprint density at radius 2 is 1.32 bits per heavy atom. The standard InChI is InChI=1S/C25H23N5O10.C17H14N2O.C3H5N3/c1-39-21-16(30-24(36)17-6-3-12(9-27-17)28-18(32)10-26-11-31)7-4-13(19(21)33)23(35)29-15-8-5-14(25(37)38)20(34)22(15)40-2;1-12-6-8-15(9-7-12)19-17(20)14-10-13-4-2-3-5-16(13)18-11-14;1-3-2-4-6-5-3/h3-9,11,33-34H,10H2,1-2H3,(H,26,31)(H,28,32)(H,29,35)(H,30,36)(H,37,38);2-11H,1H3,(H,19,20);2H,1H3,(H,4,5,6). The number of methoxy groups -OCH3 is 2. The summed E-state index contributed by atoms with van der Waals surface area (Å²) in [4.78, 5) is 79.2. The fourth-order valence-corrected chi connectivity index (χ4v) is 5.72. The maximum absolute atomic E-state index is 12.9. The lowest BCUT2D eigenvalue weighted by atomic mass is 10.1. The van der Waals surface area contributed by atoms with Crippen molar-refractivity contribution in [3.63, 3.8) is 0 Å². The molecule has 3 aromatic heterocycles. The van der Waals surface area contributed by atoms with Gasteiger partial charge in [0.15, 0.2) is 23.0 Å². The van der Waals surface area contributed by atoms with Gasteiger partial charge in [-0.1, -0.05) is 35.9 Å². The predicted octanol–water partition coefficient (Wildman–Crippen LogP) is 5.31. The molecule has 7 rings (SSSR count). The first-order chi connectivity index (χ1) is 31.7. The minimum absolute atomic E-state index is 0.00158. The normalized spacial score (nSPS) is 10.1. The minimum Gasteiger partial charge on any atom is -0.504 e. The van der Waals surface area contributed by atoms with Crippen LogP contribution in [0.1, 0.15) is 52.8 Å². The molecule has 9 N–H and O–H groups in total. The van der Waals surface area contributed by atoms with Crippen LogP contribution in [0.3, 0.4) is 0 Å². The van der Waals surface area contributed by atoms with Gasteiger partial charge in [0.2, 0.25) is 12.3 Å². The Kier molecular flexibility index (Phi) is 16.3. The molecule has 21 nitrogen and oxygen atoms in total. The molecule has 0 fully saturated rings. The van der Waals surface area contributed by atoms with E-state index in [0.717, 1.165) is 33.9 Å². The van der Waals surface area contributed by atoms with Crippen LogP contribution in [0.5, 0.6) is 23.0 Å². The van der Waals surface area contributed by atoms with Crippen LogP contribution < -0.4 is 36.1 Å². The first kappa shape index (κ1) is 47.6. The number of aromatic hydroxyl groups is 2. The van der Waals surface area contributed by atoms with Crippen molar-refractivity contribution < 1.29 is 53.6 Å². The second kappa shape index (κ2) is 22.6. The predicted molar refractivity (Wildman–Crippen MR) is 241 cm³/mol. The van der Waals surface area contributed by atoms with Crippen molar-refractivity contribution >= 4 is 69.7 Å². The number of aromatic carboxylic acids is 1. The molecular formula is C45H42N10O11. The van der Waals surface area contributed by atoms with Gasteiger partial charge in [0.1, 0.15) is 11.3 Å². The quantitative estimate of drug-likeness (QED) is 0.0663. The molecule has 0 aliphatic rings. The average molecular weight is 899 g/mol. The number of benzene rings is 4. The maximum Gasteiger partial charge on any atom is 0.339 e. The molecule has 0 bridgehead atoms. The first-order valence-corrected chi connectivity index (χ1v) is 19.4. The number of carboxylic acids is 1. The van der Waals surface area contributed by atoms with Crippen LogP contribution >= 0.6 is 0 Å². The van der Waals surface area contributed by atoms with Crippen molar-refractivity contribution in [2.75, 3.05) is 42.0 Å². The molecule has 0 saturated heterocycles. The van der Waals surface area contributed by atoms with E-state index >= 15 is 0 Å². The van der Waals surface area contributed by atoms with Crippen LogP contribution in [-0.2, 0) is 9.59 Å². The van der Waals surface area contributed by atoms with Crippen LogP contribution in [-0.4, -0.2) is 97.5 Å². The number of nitrogens with one attached hydrogen (secondary N) is 6. The summed E-state index contributed by atoms with van der Waals surface area (Å²) in [7, 11) is 2.37. The molecule has 0 aliphatic heterocycles. The van der Waals surface area contributed by atoms with Gasteiger partial charge in [-0.25, -0.2) is 9.78 Å². The van der Waals surface area contributed by atoms with Gasteiger partial charge in [-0.05, 0) is 74.5 Å². The van der Waals surface area contributed by atoms with Gasteiger partial charge in [-0.15, -0.1) is 0 Å². The SMILES string of the molecule is COc1c(NC(=O)c2ccc(NC(=O)c3ccc(NC(=O)CNC=O)cn3)c(OC)c2O)ccc(C(=O)O)c1O.Cc1ccc(NC(=O)c2cnc3ccccc3c2)cc1.Cc1cn[nH]n1.